The fraction of sp³-hybridized carbons (Fsp3) is 0.333. The van der Waals surface area contributed by atoms with E-state index in [9.17, 15) is 4.79 Å². The zero-order valence-corrected chi connectivity index (χ0v) is 16.6. The first-order valence-electron chi connectivity index (χ1n) is 9.68. The lowest BCUT2D eigenvalue weighted by Crippen LogP contribution is -2.40. The van der Waals surface area contributed by atoms with Gasteiger partial charge in [0.15, 0.2) is 5.82 Å². The topological polar surface area (TPSA) is 76.4 Å². The van der Waals surface area contributed by atoms with Crippen molar-refractivity contribution < 1.29 is 9.53 Å². The lowest BCUT2D eigenvalue weighted by Gasteiger charge is -2.27. The third kappa shape index (κ3) is 3.91. The van der Waals surface area contributed by atoms with E-state index in [1.54, 1.807) is 42.6 Å². The summed E-state index contributed by atoms with van der Waals surface area (Å²) in [5.74, 6) is 2.16. The van der Waals surface area contributed by atoms with E-state index in [0.717, 1.165) is 24.5 Å². The summed E-state index contributed by atoms with van der Waals surface area (Å²) in [4.78, 5) is 26.4. The molecule has 1 fully saturated rings. The molecule has 29 heavy (non-hydrogen) atoms. The predicted octanol–water partition coefficient (Wildman–Crippen LogP) is 2.41. The SMILES string of the molecule is COc1ccnc(N2CCC(C)N(C(=O)c3cccnc3-n3cccn3)CC2)c1. The number of pyridine rings is 2. The number of hydrogen-bond acceptors (Lipinski definition) is 6. The molecule has 0 N–H and O–H groups in total. The predicted molar refractivity (Wildman–Crippen MR) is 109 cm³/mol. The molecule has 150 valence electrons. The van der Waals surface area contributed by atoms with E-state index >= 15 is 0 Å². The maximum Gasteiger partial charge on any atom is 0.257 e. The first-order chi connectivity index (χ1) is 14.2. The summed E-state index contributed by atoms with van der Waals surface area (Å²) in [7, 11) is 1.65. The normalized spacial score (nSPS) is 17.1. The third-order valence-electron chi connectivity index (χ3n) is 5.24. The van der Waals surface area contributed by atoms with Crippen LogP contribution in [0.3, 0.4) is 0 Å². The Morgan fingerprint density at radius 2 is 2.00 bits per heavy atom. The van der Waals surface area contributed by atoms with Gasteiger partial charge in [0, 0.05) is 56.5 Å². The summed E-state index contributed by atoms with van der Waals surface area (Å²) in [6.45, 7) is 4.22. The molecule has 8 heteroatoms. The van der Waals surface area contributed by atoms with E-state index in [1.807, 2.05) is 29.2 Å². The molecule has 1 amide bonds. The van der Waals surface area contributed by atoms with Gasteiger partial charge in [-0.05, 0) is 37.6 Å². The molecular weight excluding hydrogens is 368 g/mol. The molecule has 1 atom stereocenters. The highest BCUT2D eigenvalue weighted by atomic mass is 16.5. The Morgan fingerprint density at radius 3 is 2.79 bits per heavy atom. The summed E-state index contributed by atoms with van der Waals surface area (Å²) in [5.41, 5.74) is 0.552. The number of ether oxygens (including phenoxy) is 1. The van der Waals surface area contributed by atoms with E-state index in [2.05, 4.69) is 26.9 Å². The molecule has 0 radical (unpaired) electrons. The number of amides is 1. The Morgan fingerprint density at radius 1 is 1.10 bits per heavy atom. The van der Waals surface area contributed by atoms with Crippen molar-refractivity contribution in [3.8, 4) is 11.6 Å². The number of rotatable bonds is 4. The van der Waals surface area contributed by atoms with Crippen molar-refractivity contribution in [3.05, 3.63) is 60.7 Å². The van der Waals surface area contributed by atoms with Gasteiger partial charge in [0.1, 0.15) is 11.6 Å². The van der Waals surface area contributed by atoms with Crippen molar-refractivity contribution in [2.24, 2.45) is 0 Å². The molecule has 1 saturated heterocycles. The summed E-state index contributed by atoms with van der Waals surface area (Å²) >= 11 is 0. The number of hydrogen-bond donors (Lipinski definition) is 0. The first kappa shape index (κ1) is 18.9. The highest BCUT2D eigenvalue weighted by Crippen LogP contribution is 2.23. The standard InChI is InChI=1S/C21H24N6O2/c1-16-7-12-25(19-15-17(29-2)6-10-22-19)13-14-26(16)21(28)18-5-3-8-23-20(18)27-11-4-9-24-27/h3-6,8-11,15-16H,7,12-14H2,1-2H3. The van der Waals surface area contributed by atoms with Crippen LogP contribution in [0.15, 0.2) is 55.1 Å². The average Bonchev–Trinajstić information content (AvgIpc) is 3.23. The molecule has 3 aromatic rings. The first-order valence-corrected chi connectivity index (χ1v) is 9.68. The van der Waals surface area contributed by atoms with Gasteiger partial charge in [0.2, 0.25) is 0 Å². The van der Waals surface area contributed by atoms with Crippen LogP contribution in [0.4, 0.5) is 5.82 Å². The van der Waals surface area contributed by atoms with Gasteiger partial charge in [-0.2, -0.15) is 5.10 Å². The number of nitrogens with zero attached hydrogens (tertiary/aromatic N) is 6. The van der Waals surface area contributed by atoms with Crippen LogP contribution in [0.1, 0.15) is 23.7 Å². The number of carbonyl (C=O) groups is 1. The smallest absolute Gasteiger partial charge is 0.257 e. The van der Waals surface area contributed by atoms with Crippen LogP contribution in [0, 0.1) is 0 Å². The summed E-state index contributed by atoms with van der Waals surface area (Å²) < 4.78 is 6.94. The minimum Gasteiger partial charge on any atom is -0.497 e. The molecule has 1 aliphatic rings. The highest BCUT2D eigenvalue weighted by molar-refractivity contribution is 5.97. The van der Waals surface area contributed by atoms with Gasteiger partial charge in [-0.15, -0.1) is 0 Å². The summed E-state index contributed by atoms with van der Waals surface area (Å²) in [5, 5.41) is 4.24. The van der Waals surface area contributed by atoms with Crippen molar-refractivity contribution in [3.63, 3.8) is 0 Å². The third-order valence-corrected chi connectivity index (χ3v) is 5.24. The van der Waals surface area contributed by atoms with Crippen LogP contribution < -0.4 is 9.64 Å². The van der Waals surface area contributed by atoms with E-state index in [4.69, 9.17) is 4.74 Å². The van der Waals surface area contributed by atoms with Gasteiger partial charge < -0.3 is 14.5 Å². The zero-order valence-electron chi connectivity index (χ0n) is 16.6. The van der Waals surface area contributed by atoms with Crippen LogP contribution in [-0.4, -0.2) is 63.3 Å². The van der Waals surface area contributed by atoms with Crippen molar-refractivity contribution in [2.75, 3.05) is 31.6 Å². The second-order valence-electron chi connectivity index (χ2n) is 7.00. The molecule has 0 aromatic carbocycles. The molecule has 1 unspecified atom stereocenters. The lowest BCUT2D eigenvalue weighted by molar-refractivity contribution is 0.0704. The van der Waals surface area contributed by atoms with Crippen LogP contribution in [0.5, 0.6) is 5.75 Å². The molecule has 0 bridgehead atoms. The second-order valence-corrected chi connectivity index (χ2v) is 7.00. The van der Waals surface area contributed by atoms with Gasteiger partial charge >= 0.3 is 0 Å². The molecule has 0 saturated carbocycles. The fourth-order valence-corrected chi connectivity index (χ4v) is 3.58. The second kappa shape index (κ2) is 8.30. The number of carbonyl (C=O) groups excluding carboxylic acids is 1. The van der Waals surface area contributed by atoms with Crippen molar-refractivity contribution >= 4 is 11.7 Å². The number of aromatic nitrogens is 4. The Bertz CT molecular complexity index is 975. The fourth-order valence-electron chi connectivity index (χ4n) is 3.58. The number of methoxy groups -OCH3 is 1. The van der Waals surface area contributed by atoms with Crippen LogP contribution in [0.25, 0.3) is 5.82 Å². The highest BCUT2D eigenvalue weighted by Gasteiger charge is 2.28. The molecule has 4 heterocycles. The minimum absolute atomic E-state index is 0.0310. The van der Waals surface area contributed by atoms with Crippen LogP contribution >= 0.6 is 0 Å². The Balaban J connectivity index is 1.56. The zero-order chi connectivity index (χ0) is 20.2. The van der Waals surface area contributed by atoms with Gasteiger partial charge in [0.05, 0.1) is 12.7 Å². The monoisotopic (exact) mass is 392 g/mol. The van der Waals surface area contributed by atoms with Gasteiger partial charge in [-0.3, -0.25) is 4.79 Å². The van der Waals surface area contributed by atoms with E-state index in [0.29, 0.717) is 24.5 Å². The average molecular weight is 392 g/mol. The molecule has 8 nitrogen and oxygen atoms in total. The number of anilines is 1. The Hall–Kier alpha value is -3.42. The maximum absolute atomic E-state index is 13.4. The Kier molecular flexibility index (Phi) is 5.41. The van der Waals surface area contributed by atoms with Gasteiger partial charge in [-0.1, -0.05) is 0 Å². The Labute approximate surface area is 169 Å². The summed E-state index contributed by atoms with van der Waals surface area (Å²) in [6.07, 6.45) is 7.74. The molecule has 3 aromatic heterocycles. The van der Waals surface area contributed by atoms with E-state index in [1.165, 1.54) is 0 Å². The van der Waals surface area contributed by atoms with Gasteiger partial charge in [-0.25, -0.2) is 14.6 Å². The van der Waals surface area contributed by atoms with Crippen molar-refractivity contribution in [2.45, 2.75) is 19.4 Å². The van der Waals surface area contributed by atoms with Crippen molar-refractivity contribution in [1.82, 2.24) is 24.6 Å². The van der Waals surface area contributed by atoms with E-state index in [-0.39, 0.29) is 11.9 Å². The quantitative estimate of drug-likeness (QED) is 0.679. The lowest BCUT2D eigenvalue weighted by atomic mass is 10.1. The van der Waals surface area contributed by atoms with E-state index < -0.39 is 0 Å². The molecular formula is C21H24N6O2. The summed E-state index contributed by atoms with van der Waals surface area (Å²) in [6, 6.07) is 9.28. The molecule has 0 spiro atoms. The molecule has 1 aliphatic heterocycles. The largest absolute Gasteiger partial charge is 0.497 e. The van der Waals surface area contributed by atoms with Gasteiger partial charge in [0.25, 0.3) is 5.91 Å². The van der Waals surface area contributed by atoms with Crippen molar-refractivity contribution in [1.29, 1.82) is 0 Å². The molecule has 0 aliphatic carbocycles. The molecule has 4 rings (SSSR count). The minimum atomic E-state index is -0.0310. The van der Waals surface area contributed by atoms with Crippen LogP contribution in [-0.2, 0) is 0 Å². The maximum atomic E-state index is 13.4. The van der Waals surface area contributed by atoms with Crippen LogP contribution in [0.2, 0.25) is 0 Å².